The van der Waals surface area contributed by atoms with Crippen LogP contribution >= 0.6 is 11.6 Å². The summed E-state index contributed by atoms with van der Waals surface area (Å²) in [5.74, 6) is -1.20. The number of anilines is 1. The Balaban J connectivity index is 1.60. The average molecular weight is 396 g/mol. The number of amides is 2. The second-order valence-corrected chi connectivity index (χ2v) is 6.20. The molecule has 0 radical (unpaired) electrons. The van der Waals surface area contributed by atoms with Gasteiger partial charge in [-0.15, -0.1) is 0 Å². The minimum Gasteiger partial charge on any atom is -0.322 e. The molecule has 0 bridgehead atoms. The molecule has 0 aromatic heterocycles. The van der Waals surface area contributed by atoms with Gasteiger partial charge in [-0.3, -0.25) is 9.59 Å². The van der Waals surface area contributed by atoms with Gasteiger partial charge in [0.15, 0.2) is 0 Å². The highest BCUT2D eigenvalue weighted by atomic mass is 35.5. The lowest BCUT2D eigenvalue weighted by molar-refractivity contribution is 0.0954. The van der Waals surface area contributed by atoms with Gasteiger partial charge in [-0.05, 0) is 48.5 Å². The molecule has 2 amide bonds. The normalized spacial score (nSPS) is 10.6. The van der Waals surface area contributed by atoms with Crippen LogP contribution < -0.4 is 10.7 Å². The summed E-state index contributed by atoms with van der Waals surface area (Å²) < 4.78 is 13.5. The smallest absolute Gasteiger partial charge is 0.271 e. The third kappa shape index (κ3) is 5.02. The summed E-state index contributed by atoms with van der Waals surface area (Å²) >= 11 is 5.88. The van der Waals surface area contributed by atoms with Crippen LogP contribution in [0.15, 0.2) is 77.9 Å². The van der Waals surface area contributed by atoms with Crippen LogP contribution in [0.2, 0.25) is 5.02 Å². The summed E-state index contributed by atoms with van der Waals surface area (Å²) in [4.78, 5) is 24.3. The Hall–Kier alpha value is -3.51. The molecule has 3 aromatic carbocycles. The molecule has 0 fully saturated rings. The van der Waals surface area contributed by atoms with E-state index < -0.39 is 11.7 Å². The van der Waals surface area contributed by atoms with Crippen molar-refractivity contribution in [1.82, 2.24) is 5.43 Å². The van der Waals surface area contributed by atoms with E-state index in [0.29, 0.717) is 21.8 Å². The summed E-state index contributed by atoms with van der Waals surface area (Å²) in [6.45, 7) is 0. The zero-order valence-electron chi connectivity index (χ0n) is 14.5. The fraction of sp³-hybridized carbons (Fsp3) is 0. The van der Waals surface area contributed by atoms with Crippen molar-refractivity contribution in [3.05, 3.63) is 100 Å². The monoisotopic (exact) mass is 395 g/mol. The molecule has 0 aliphatic heterocycles. The van der Waals surface area contributed by atoms with Gasteiger partial charge in [-0.25, -0.2) is 9.82 Å². The Morgan fingerprint density at radius 2 is 1.64 bits per heavy atom. The number of hydrogen-bond acceptors (Lipinski definition) is 3. The maximum Gasteiger partial charge on any atom is 0.271 e. The lowest BCUT2D eigenvalue weighted by Gasteiger charge is -2.06. The molecular weight excluding hydrogens is 381 g/mol. The third-order valence-electron chi connectivity index (χ3n) is 3.77. The minimum absolute atomic E-state index is 0.266. The first-order chi connectivity index (χ1) is 13.5. The van der Waals surface area contributed by atoms with Crippen molar-refractivity contribution in [3.63, 3.8) is 0 Å². The van der Waals surface area contributed by atoms with Gasteiger partial charge in [0.1, 0.15) is 5.82 Å². The predicted molar refractivity (Wildman–Crippen MR) is 107 cm³/mol. The second-order valence-electron chi connectivity index (χ2n) is 5.76. The van der Waals surface area contributed by atoms with Gasteiger partial charge in [0, 0.05) is 27.4 Å². The van der Waals surface area contributed by atoms with E-state index in [4.69, 9.17) is 11.6 Å². The SMILES string of the molecule is O=C(NN=Cc1ccccc1F)c1ccc(NC(=O)c2cccc(Cl)c2)cc1. The zero-order valence-corrected chi connectivity index (χ0v) is 15.3. The quantitative estimate of drug-likeness (QED) is 0.493. The number of carbonyl (C=O) groups excluding carboxylic acids is 2. The van der Waals surface area contributed by atoms with Gasteiger partial charge in [-0.2, -0.15) is 5.10 Å². The van der Waals surface area contributed by atoms with Gasteiger partial charge < -0.3 is 5.32 Å². The highest BCUT2D eigenvalue weighted by Crippen LogP contribution is 2.14. The fourth-order valence-corrected chi connectivity index (χ4v) is 2.53. The van der Waals surface area contributed by atoms with Crippen molar-refractivity contribution in [3.8, 4) is 0 Å². The average Bonchev–Trinajstić information content (AvgIpc) is 2.70. The van der Waals surface area contributed by atoms with E-state index in [1.54, 1.807) is 66.7 Å². The molecule has 5 nitrogen and oxygen atoms in total. The van der Waals surface area contributed by atoms with Crippen LogP contribution in [-0.2, 0) is 0 Å². The number of rotatable bonds is 5. The molecule has 0 heterocycles. The number of nitrogens with one attached hydrogen (secondary N) is 2. The molecule has 2 N–H and O–H groups in total. The molecule has 7 heteroatoms. The first kappa shape index (κ1) is 19.3. The summed E-state index contributed by atoms with van der Waals surface area (Å²) in [6, 6.07) is 18.9. The van der Waals surface area contributed by atoms with Gasteiger partial charge in [0.2, 0.25) is 0 Å². The number of carbonyl (C=O) groups is 2. The Kier molecular flexibility index (Phi) is 6.14. The molecule has 0 aliphatic rings. The Bertz CT molecular complexity index is 1040. The summed E-state index contributed by atoms with van der Waals surface area (Å²) in [5.41, 5.74) is 3.89. The van der Waals surface area contributed by atoms with E-state index in [2.05, 4.69) is 15.8 Å². The van der Waals surface area contributed by atoms with Crippen LogP contribution in [0.5, 0.6) is 0 Å². The number of nitrogens with zero attached hydrogens (tertiary/aromatic N) is 1. The predicted octanol–water partition coefficient (Wildman–Crippen LogP) is 4.50. The van der Waals surface area contributed by atoms with Crippen molar-refractivity contribution in [2.24, 2.45) is 5.10 Å². The molecule has 0 spiro atoms. The summed E-state index contributed by atoms with van der Waals surface area (Å²) in [7, 11) is 0. The van der Waals surface area contributed by atoms with E-state index in [-0.39, 0.29) is 11.5 Å². The van der Waals surface area contributed by atoms with Crippen LogP contribution in [0.3, 0.4) is 0 Å². The Morgan fingerprint density at radius 1 is 0.893 bits per heavy atom. The molecule has 0 atom stereocenters. The molecule has 0 unspecified atom stereocenters. The van der Waals surface area contributed by atoms with Gasteiger partial charge in [0.05, 0.1) is 6.21 Å². The van der Waals surface area contributed by atoms with Crippen LogP contribution in [0.4, 0.5) is 10.1 Å². The van der Waals surface area contributed by atoms with Gasteiger partial charge in [0.25, 0.3) is 11.8 Å². The lowest BCUT2D eigenvalue weighted by Crippen LogP contribution is -2.18. The molecule has 140 valence electrons. The van der Waals surface area contributed by atoms with Crippen molar-refractivity contribution in [1.29, 1.82) is 0 Å². The molecule has 0 saturated carbocycles. The Labute approximate surface area is 165 Å². The highest BCUT2D eigenvalue weighted by Gasteiger charge is 2.08. The molecule has 3 aromatic rings. The number of hydrazone groups is 1. The first-order valence-electron chi connectivity index (χ1n) is 8.28. The molecule has 0 saturated heterocycles. The van der Waals surface area contributed by atoms with E-state index in [1.807, 2.05) is 0 Å². The lowest BCUT2D eigenvalue weighted by atomic mass is 10.1. The largest absolute Gasteiger partial charge is 0.322 e. The van der Waals surface area contributed by atoms with Crippen LogP contribution in [0.25, 0.3) is 0 Å². The van der Waals surface area contributed by atoms with Crippen molar-refractivity contribution < 1.29 is 14.0 Å². The minimum atomic E-state index is -0.458. The zero-order chi connectivity index (χ0) is 19.9. The summed E-state index contributed by atoms with van der Waals surface area (Å²) in [5, 5.41) is 6.94. The first-order valence-corrected chi connectivity index (χ1v) is 8.65. The highest BCUT2D eigenvalue weighted by molar-refractivity contribution is 6.31. The molecular formula is C21H15ClFN3O2. The molecule has 0 aliphatic carbocycles. The van der Waals surface area contributed by atoms with Crippen LogP contribution in [0.1, 0.15) is 26.3 Å². The van der Waals surface area contributed by atoms with E-state index >= 15 is 0 Å². The van der Waals surface area contributed by atoms with Crippen molar-refractivity contribution >= 4 is 35.3 Å². The number of benzene rings is 3. The topological polar surface area (TPSA) is 70.6 Å². The molecule has 3 rings (SSSR count). The fourth-order valence-electron chi connectivity index (χ4n) is 2.34. The standard InChI is InChI=1S/C21H15ClFN3O2/c22-17-6-3-5-15(12-17)20(27)25-18-10-8-14(9-11-18)21(28)26-24-13-16-4-1-2-7-19(16)23/h1-13H,(H,25,27)(H,26,28). The number of halogens is 2. The van der Waals surface area contributed by atoms with Crippen LogP contribution in [-0.4, -0.2) is 18.0 Å². The van der Waals surface area contributed by atoms with Gasteiger partial charge >= 0.3 is 0 Å². The van der Waals surface area contributed by atoms with Crippen LogP contribution in [0, 0.1) is 5.82 Å². The molecule has 28 heavy (non-hydrogen) atoms. The maximum atomic E-state index is 13.5. The summed E-state index contributed by atoms with van der Waals surface area (Å²) in [6.07, 6.45) is 1.23. The van der Waals surface area contributed by atoms with E-state index in [0.717, 1.165) is 0 Å². The van der Waals surface area contributed by atoms with Crippen molar-refractivity contribution in [2.75, 3.05) is 5.32 Å². The Morgan fingerprint density at radius 3 is 2.36 bits per heavy atom. The maximum absolute atomic E-state index is 13.5. The van der Waals surface area contributed by atoms with Crippen molar-refractivity contribution in [2.45, 2.75) is 0 Å². The third-order valence-corrected chi connectivity index (χ3v) is 4.00. The van der Waals surface area contributed by atoms with Gasteiger partial charge in [-0.1, -0.05) is 35.9 Å². The number of hydrogen-bond donors (Lipinski definition) is 2. The van der Waals surface area contributed by atoms with E-state index in [1.165, 1.54) is 12.3 Å². The second kappa shape index (κ2) is 8.92. The van der Waals surface area contributed by atoms with E-state index in [9.17, 15) is 14.0 Å².